The van der Waals surface area contributed by atoms with Crippen LogP contribution in [-0.2, 0) is 4.79 Å². The third-order valence-electron chi connectivity index (χ3n) is 1.61. The summed E-state index contributed by atoms with van der Waals surface area (Å²) < 4.78 is 31.7. The van der Waals surface area contributed by atoms with Crippen LogP contribution in [0.4, 0.5) is 13.2 Å². The van der Waals surface area contributed by atoms with Gasteiger partial charge in [0.15, 0.2) is 0 Å². The monoisotopic (exact) mass is 211 g/mol. The van der Waals surface area contributed by atoms with Crippen LogP contribution in [0.3, 0.4) is 0 Å². The number of hydrogen-bond donors (Lipinski definition) is 2. The first-order valence-corrected chi connectivity index (χ1v) is 3.99. The molecule has 1 saturated heterocycles. The van der Waals surface area contributed by atoms with Crippen LogP contribution < -0.4 is 5.32 Å². The molecule has 0 unspecified atom stereocenters. The third kappa shape index (κ3) is 5.58. The number of halogens is 3. The second-order valence-corrected chi connectivity index (χ2v) is 2.85. The number of nitrogens with one attached hydrogen (secondary N) is 1. The van der Waals surface area contributed by atoms with Gasteiger partial charge in [-0.25, -0.2) is 4.79 Å². The number of allylic oxidation sites excluding steroid dienone is 1. The van der Waals surface area contributed by atoms with Crippen molar-refractivity contribution in [2.45, 2.75) is 12.6 Å². The van der Waals surface area contributed by atoms with Gasteiger partial charge in [0.25, 0.3) is 0 Å². The molecule has 14 heavy (non-hydrogen) atoms. The van der Waals surface area contributed by atoms with E-state index >= 15 is 0 Å². The molecule has 0 amide bonds. The fourth-order valence-electron chi connectivity index (χ4n) is 0.751. The lowest BCUT2D eigenvalue weighted by Gasteiger charge is -2.25. The van der Waals surface area contributed by atoms with Crippen LogP contribution in [0.5, 0.6) is 0 Å². The molecule has 0 aliphatic carbocycles. The quantitative estimate of drug-likeness (QED) is 0.679. The van der Waals surface area contributed by atoms with Crippen molar-refractivity contribution >= 4 is 5.97 Å². The Labute approximate surface area is 79.6 Å². The summed E-state index contributed by atoms with van der Waals surface area (Å²) >= 11 is 0. The number of rotatable bonds is 2. The molecule has 1 heterocycles. The predicted octanol–water partition coefficient (Wildman–Crippen LogP) is 1.42. The van der Waals surface area contributed by atoms with E-state index in [0.29, 0.717) is 0 Å². The van der Waals surface area contributed by atoms with E-state index in [4.69, 9.17) is 9.90 Å². The first kappa shape index (κ1) is 13.0. The molecule has 0 radical (unpaired) electrons. The fourth-order valence-corrected chi connectivity index (χ4v) is 0.751. The normalized spacial score (nSPS) is 16.2. The van der Waals surface area contributed by atoms with E-state index < -0.39 is 12.1 Å². The highest BCUT2D eigenvalue weighted by Gasteiger charge is 2.38. The molecule has 1 rings (SSSR count). The van der Waals surface area contributed by atoms with E-state index in [1.54, 1.807) is 0 Å². The summed E-state index contributed by atoms with van der Waals surface area (Å²) in [6, 6.07) is 0. The molecule has 0 aromatic heterocycles. The van der Waals surface area contributed by atoms with Crippen molar-refractivity contribution in [2.24, 2.45) is 5.92 Å². The number of aliphatic carboxylic acids is 1. The molecule has 0 aromatic rings. The third-order valence-corrected chi connectivity index (χ3v) is 1.61. The molecule has 0 aromatic carbocycles. The Bertz CT molecular complexity index is 199. The van der Waals surface area contributed by atoms with Crippen LogP contribution in [0.2, 0.25) is 0 Å². The smallest absolute Gasteiger partial charge is 0.475 e. The fraction of sp³-hybridized carbons (Fsp3) is 0.625. The molecule has 0 saturated carbocycles. The van der Waals surface area contributed by atoms with Gasteiger partial charge in [-0.2, -0.15) is 13.2 Å². The van der Waals surface area contributed by atoms with Crippen LogP contribution >= 0.6 is 0 Å². The molecule has 0 atom stereocenters. The van der Waals surface area contributed by atoms with Crippen molar-refractivity contribution in [3.8, 4) is 0 Å². The van der Waals surface area contributed by atoms with Gasteiger partial charge in [0.2, 0.25) is 0 Å². The summed E-state index contributed by atoms with van der Waals surface area (Å²) in [5.74, 6) is -1.86. The SMILES string of the molecule is C=CCC1CNC1.O=C(O)C(F)(F)F. The van der Waals surface area contributed by atoms with Gasteiger partial charge in [-0.3, -0.25) is 0 Å². The van der Waals surface area contributed by atoms with Gasteiger partial charge in [0.1, 0.15) is 0 Å². The maximum absolute atomic E-state index is 10.6. The first-order chi connectivity index (χ1) is 6.38. The van der Waals surface area contributed by atoms with E-state index in [2.05, 4.69) is 11.9 Å². The van der Waals surface area contributed by atoms with Crippen molar-refractivity contribution in [1.82, 2.24) is 5.32 Å². The summed E-state index contributed by atoms with van der Waals surface area (Å²) in [6.07, 6.45) is -1.90. The van der Waals surface area contributed by atoms with Gasteiger partial charge in [0.05, 0.1) is 0 Å². The largest absolute Gasteiger partial charge is 0.490 e. The van der Waals surface area contributed by atoms with Gasteiger partial charge in [-0.05, 0) is 25.4 Å². The molecule has 1 aliphatic heterocycles. The summed E-state index contributed by atoms with van der Waals surface area (Å²) in [7, 11) is 0. The molecule has 1 fully saturated rings. The van der Waals surface area contributed by atoms with E-state index in [1.165, 1.54) is 19.5 Å². The number of carbonyl (C=O) groups is 1. The van der Waals surface area contributed by atoms with Crippen molar-refractivity contribution in [3.05, 3.63) is 12.7 Å². The molecule has 6 heteroatoms. The Hall–Kier alpha value is -1.04. The average Bonchev–Trinajstić information content (AvgIpc) is 1.96. The van der Waals surface area contributed by atoms with Crippen LogP contribution in [0.15, 0.2) is 12.7 Å². The summed E-state index contributed by atoms with van der Waals surface area (Å²) in [5.41, 5.74) is 0. The molecule has 2 N–H and O–H groups in total. The highest BCUT2D eigenvalue weighted by molar-refractivity contribution is 5.73. The van der Waals surface area contributed by atoms with Crippen LogP contribution in [0.25, 0.3) is 0 Å². The Morgan fingerprint density at radius 2 is 2.00 bits per heavy atom. The van der Waals surface area contributed by atoms with Gasteiger partial charge in [0, 0.05) is 0 Å². The Kier molecular flexibility index (Phi) is 5.22. The summed E-state index contributed by atoms with van der Waals surface area (Å²) in [5, 5.41) is 10.3. The van der Waals surface area contributed by atoms with Gasteiger partial charge in [-0.1, -0.05) is 6.08 Å². The minimum absolute atomic E-state index is 0.900. The molecule has 0 bridgehead atoms. The molecule has 0 spiro atoms. The topological polar surface area (TPSA) is 49.3 Å². The van der Waals surface area contributed by atoms with Crippen molar-refractivity contribution in [2.75, 3.05) is 13.1 Å². The summed E-state index contributed by atoms with van der Waals surface area (Å²) in [4.78, 5) is 8.90. The standard InChI is InChI=1S/C6H11N.C2HF3O2/c1-2-3-6-4-7-5-6;3-2(4,5)1(6)7/h2,6-7H,1,3-5H2;(H,6,7). The Morgan fingerprint density at radius 1 is 1.57 bits per heavy atom. The highest BCUT2D eigenvalue weighted by atomic mass is 19.4. The number of alkyl halides is 3. The van der Waals surface area contributed by atoms with E-state index in [-0.39, 0.29) is 0 Å². The molecule has 3 nitrogen and oxygen atoms in total. The molecular formula is C8H12F3NO2. The van der Waals surface area contributed by atoms with Crippen LogP contribution in [0.1, 0.15) is 6.42 Å². The number of carboxylic acids is 1. The zero-order valence-electron chi connectivity index (χ0n) is 7.47. The number of carboxylic acid groups (broad SMARTS) is 1. The predicted molar refractivity (Wildman–Crippen MR) is 44.9 cm³/mol. The zero-order chi connectivity index (χ0) is 11.2. The van der Waals surface area contributed by atoms with Gasteiger partial charge >= 0.3 is 12.1 Å². The van der Waals surface area contributed by atoms with E-state index in [9.17, 15) is 13.2 Å². The maximum atomic E-state index is 10.6. The Morgan fingerprint density at radius 3 is 2.07 bits per heavy atom. The van der Waals surface area contributed by atoms with Crippen molar-refractivity contribution in [1.29, 1.82) is 0 Å². The Balaban J connectivity index is 0.000000241. The lowest BCUT2D eigenvalue weighted by Crippen LogP contribution is -2.41. The van der Waals surface area contributed by atoms with Crippen molar-refractivity contribution < 1.29 is 23.1 Å². The van der Waals surface area contributed by atoms with Gasteiger partial charge < -0.3 is 10.4 Å². The van der Waals surface area contributed by atoms with E-state index in [0.717, 1.165) is 5.92 Å². The zero-order valence-corrected chi connectivity index (χ0v) is 7.47. The van der Waals surface area contributed by atoms with Crippen LogP contribution in [0, 0.1) is 5.92 Å². The molecule has 82 valence electrons. The lowest BCUT2D eigenvalue weighted by atomic mass is 10.00. The highest BCUT2D eigenvalue weighted by Crippen LogP contribution is 2.13. The minimum atomic E-state index is -5.08. The molecular weight excluding hydrogens is 199 g/mol. The average molecular weight is 211 g/mol. The first-order valence-electron chi connectivity index (χ1n) is 3.99. The van der Waals surface area contributed by atoms with Crippen molar-refractivity contribution in [3.63, 3.8) is 0 Å². The summed E-state index contributed by atoms with van der Waals surface area (Å²) in [6.45, 7) is 6.06. The van der Waals surface area contributed by atoms with Crippen LogP contribution in [-0.4, -0.2) is 30.3 Å². The van der Waals surface area contributed by atoms with Gasteiger partial charge in [-0.15, -0.1) is 6.58 Å². The molecule has 1 aliphatic rings. The lowest BCUT2D eigenvalue weighted by molar-refractivity contribution is -0.192. The van der Waals surface area contributed by atoms with E-state index in [1.807, 2.05) is 6.08 Å². The minimum Gasteiger partial charge on any atom is -0.475 e. The number of hydrogen-bond acceptors (Lipinski definition) is 2. The second-order valence-electron chi connectivity index (χ2n) is 2.85. The second kappa shape index (κ2) is 5.64. The maximum Gasteiger partial charge on any atom is 0.490 e.